The predicted octanol–water partition coefficient (Wildman–Crippen LogP) is 3.20. The Labute approximate surface area is 185 Å². The van der Waals surface area contributed by atoms with Crippen molar-refractivity contribution in [2.24, 2.45) is 5.92 Å². The van der Waals surface area contributed by atoms with Crippen LogP contribution in [0.4, 0.5) is 5.69 Å². The highest BCUT2D eigenvalue weighted by Crippen LogP contribution is 2.44. The molecule has 0 radical (unpaired) electrons. The van der Waals surface area contributed by atoms with Crippen molar-refractivity contribution in [3.05, 3.63) is 59.2 Å². The van der Waals surface area contributed by atoms with Gasteiger partial charge in [0.15, 0.2) is 6.54 Å². The fourth-order valence-corrected chi connectivity index (χ4v) is 5.69. The normalized spacial score (nSPS) is 27.9. The summed E-state index contributed by atoms with van der Waals surface area (Å²) in [5, 5.41) is 14.5. The van der Waals surface area contributed by atoms with Gasteiger partial charge in [0.25, 0.3) is 5.91 Å². The van der Waals surface area contributed by atoms with Gasteiger partial charge in [0.1, 0.15) is 11.8 Å². The summed E-state index contributed by atoms with van der Waals surface area (Å²) in [7, 11) is 1.67. The van der Waals surface area contributed by atoms with E-state index in [0.717, 1.165) is 55.6 Å². The van der Waals surface area contributed by atoms with Gasteiger partial charge < -0.3 is 20.1 Å². The topological polar surface area (TPSA) is 63.0 Å². The number of anilines is 1. The molecule has 166 valence electrons. The van der Waals surface area contributed by atoms with Gasteiger partial charge in [0.05, 0.1) is 19.3 Å². The average molecular weight is 424 g/mol. The van der Waals surface area contributed by atoms with Gasteiger partial charge >= 0.3 is 0 Å². The zero-order valence-electron chi connectivity index (χ0n) is 18.9. The summed E-state index contributed by atoms with van der Waals surface area (Å²) in [6, 6.07) is 14.4. The largest absolute Gasteiger partial charge is 0.497 e. The molecule has 31 heavy (non-hydrogen) atoms. The zero-order chi connectivity index (χ0) is 22.0. The van der Waals surface area contributed by atoms with Crippen LogP contribution in [-0.4, -0.2) is 36.8 Å². The van der Waals surface area contributed by atoms with E-state index >= 15 is 0 Å². The number of aryl methyl sites for hydroxylation is 2. The monoisotopic (exact) mass is 423 g/mol. The molecule has 0 bridgehead atoms. The molecule has 0 aromatic heterocycles. The second-order valence-corrected chi connectivity index (χ2v) is 9.41. The van der Waals surface area contributed by atoms with Crippen LogP contribution in [-0.2, 0) is 4.79 Å². The number of hydrogen-bond acceptors (Lipinski definition) is 3. The third-order valence-electron chi connectivity index (χ3n) is 7.30. The van der Waals surface area contributed by atoms with Gasteiger partial charge in [-0.3, -0.25) is 4.79 Å². The molecule has 2 aromatic carbocycles. The molecule has 4 atom stereocenters. The van der Waals surface area contributed by atoms with Crippen LogP contribution in [0.25, 0.3) is 0 Å². The minimum atomic E-state index is -0.615. The van der Waals surface area contributed by atoms with Crippen LogP contribution in [0, 0.1) is 19.8 Å². The van der Waals surface area contributed by atoms with E-state index in [2.05, 4.69) is 30.4 Å². The molecule has 1 amide bonds. The Kier molecular flexibility index (Phi) is 6.35. The Hall–Kier alpha value is -2.37. The second kappa shape index (κ2) is 9.01. The SMILES string of the molecule is COc1ccc([C@@H]2[C@H]3CCCC[C@@]3(O)CC[NH+]2CC(=O)Nc2ccc(C)cc2C)cc1. The average Bonchev–Trinajstić information content (AvgIpc) is 2.76. The minimum Gasteiger partial charge on any atom is -0.497 e. The molecular formula is C26H35N2O3+. The number of fused-ring (bicyclic) bond motifs is 1. The van der Waals surface area contributed by atoms with E-state index < -0.39 is 5.60 Å². The molecule has 4 rings (SSSR count). The van der Waals surface area contributed by atoms with Gasteiger partial charge in [-0.1, -0.05) is 30.5 Å². The van der Waals surface area contributed by atoms with Gasteiger partial charge in [-0.25, -0.2) is 0 Å². The molecule has 1 saturated carbocycles. The third-order valence-corrected chi connectivity index (χ3v) is 7.30. The van der Waals surface area contributed by atoms with Crippen LogP contribution in [0.5, 0.6) is 5.75 Å². The van der Waals surface area contributed by atoms with Crippen molar-refractivity contribution >= 4 is 11.6 Å². The molecule has 5 nitrogen and oxygen atoms in total. The van der Waals surface area contributed by atoms with E-state index in [1.807, 2.05) is 31.2 Å². The number of carbonyl (C=O) groups is 1. The summed E-state index contributed by atoms with van der Waals surface area (Å²) in [5.41, 5.74) is 3.71. The molecule has 2 aromatic rings. The quantitative estimate of drug-likeness (QED) is 0.692. The van der Waals surface area contributed by atoms with Crippen molar-refractivity contribution in [1.82, 2.24) is 0 Å². The fraction of sp³-hybridized carbons (Fsp3) is 0.500. The second-order valence-electron chi connectivity index (χ2n) is 9.41. The lowest BCUT2D eigenvalue weighted by Gasteiger charge is -2.50. The Balaban J connectivity index is 1.57. The molecule has 1 aliphatic heterocycles. The molecule has 2 aliphatic rings. The van der Waals surface area contributed by atoms with Crippen molar-refractivity contribution in [2.75, 3.05) is 25.5 Å². The minimum absolute atomic E-state index is 0.0294. The van der Waals surface area contributed by atoms with Crippen molar-refractivity contribution in [3.8, 4) is 5.75 Å². The van der Waals surface area contributed by atoms with Gasteiger partial charge in [-0.05, 0) is 62.6 Å². The van der Waals surface area contributed by atoms with Crippen LogP contribution < -0.4 is 15.0 Å². The molecular weight excluding hydrogens is 388 g/mol. The Morgan fingerprint density at radius 2 is 1.94 bits per heavy atom. The number of likely N-dealkylation sites (tertiary alicyclic amines) is 1. The molecule has 1 unspecified atom stereocenters. The van der Waals surface area contributed by atoms with E-state index in [1.165, 1.54) is 16.0 Å². The number of rotatable bonds is 5. The number of aliphatic hydroxyl groups is 1. The first-order valence-electron chi connectivity index (χ1n) is 11.5. The first-order valence-corrected chi connectivity index (χ1v) is 11.5. The lowest BCUT2D eigenvalue weighted by Crippen LogP contribution is -3.16. The van der Waals surface area contributed by atoms with Crippen LogP contribution in [0.15, 0.2) is 42.5 Å². The van der Waals surface area contributed by atoms with Gasteiger partial charge in [0, 0.05) is 23.6 Å². The highest BCUT2D eigenvalue weighted by Gasteiger charge is 2.51. The van der Waals surface area contributed by atoms with E-state index in [9.17, 15) is 9.90 Å². The van der Waals surface area contributed by atoms with E-state index in [4.69, 9.17) is 4.74 Å². The van der Waals surface area contributed by atoms with Gasteiger partial charge in [-0.2, -0.15) is 0 Å². The van der Waals surface area contributed by atoms with Crippen LogP contribution in [0.1, 0.15) is 54.8 Å². The van der Waals surface area contributed by atoms with Crippen molar-refractivity contribution in [2.45, 2.75) is 57.6 Å². The van der Waals surface area contributed by atoms with E-state index in [0.29, 0.717) is 6.54 Å². The van der Waals surface area contributed by atoms with Gasteiger partial charge in [-0.15, -0.1) is 0 Å². The number of quaternary nitrogens is 1. The highest BCUT2D eigenvalue weighted by atomic mass is 16.5. The molecule has 1 aliphatic carbocycles. The fourth-order valence-electron chi connectivity index (χ4n) is 5.69. The molecule has 5 heteroatoms. The summed E-state index contributed by atoms with van der Waals surface area (Å²) < 4.78 is 5.34. The third kappa shape index (κ3) is 4.63. The zero-order valence-corrected chi connectivity index (χ0v) is 18.9. The summed E-state index contributed by atoms with van der Waals surface area (Å²) in [6.07, 6.45) is 4.87. The van der Waals surface area contributed by atoms with Crippen LogP contribution in [0.2, 0.25) is 0 Å². The lowest BCUT2D eigenvalue weighted by molar-refractivity contribution is -0.937. The number of carbonyl (C=O) groups excluding carboxylic acids is 1. The van der Waals surface area contributed by atoms with E-state index in [1.54, 1.807) is 7.11 Å². The lowest BCUT2D eigenvalue weighted by atomic mass is 9.66. The number of methoxy groups -OCH3 is 1. The molecule has 3 N–H and O–H groups in total. The number of piperidine rings is 1. The van der Waals surface area contributed by atoms with Crippen LogP contribution in [0.3, 0.4) is 0 Å². The van der Waals surface area contributed by atoms with E-state index in [-0.39, 0.29) is 17.9 Å². The molecule has 0 spiro atoms. The molecule has 1 heterocycles. The first kappa shape index (κ1) is 21.8. The summed E-state index contributed by atoms with van der Waals surface area (Å²) in [5.74, 6) is 1.03. The van der Waals surface area contributed by atoms with Gasteiger partial charge in [0.2, 0.25) is 0 Å². The Bertz CT molecular complexity index is 927. The van der Waals surface area contributed by atoms with Crippen LogP contribution >= 0.6 is 0 Å². The van der Waals surface area contributed by atoms with Crippen molar-refractivity contribution in [3.63, 3.8) is 0 Å². The maximum Gasteiger partial charge on any atom is 0.279 e. The number of amides is 1. The molecule has 2 fully saturated rings. The Morgan fingerprint density at radius 1 is 1.16 bits per heavy atom. The standard InChI is InChI=1S/C26H34N2O3/c1-18-7-12-23(19(2)16-18)27-24(29)17-28-15-14-26(30)13-5-4-6-22(26)25(28)20-8-10-21(31-3)11-9-20/h7-12,16,22,25,30H,4-6,13-15,17H2,1-3H3,(H,27,29)/p+1/t22-,25-,26-/m1/s1. The number of benzene rings is 2. The smallest absolute Gasteiger partial charge is 0.279 e. The van der Waals surface area contributed by atoms with Crippen molar-refractivity contribution in [1.29, 1.82) is 0 Å². The number of hydrogen-bond donors (Lipinski definition) is 3. The first-order chi connectivity index (χ1) is 14.9. The molecule has 1 saturated heterocycles. The highest BCUT2D eigenvalue weighted by molar-refractivity contribution is 5.92. The summed E-state index contributed by atoms with van der Waals surface area (Å²) in [6.45, 7) is 5.28. The Morgan fingerprint density at radius 3 is 2.65 bits per heavy atom. The van der Waals surface area contributed by atoms with Crippen molar-refractivity contribution < 1.29 is 19.5 Å². The summed E-state index contributed by atoms with van der Waals surface area (Å²) in [4.78, 5) is 14.3. The summed E-state index contributed by atoms with van der Waals surface area (Å²) >= 11 is 0. The predicted molar refractivity (Wildman–Crippen MR) is 123 cm³/mol. The maximum atomic E-state index is 13.0. The number of ether oxygens (including phenoxy) is 1. The maximum absolute atomic E-state index is 13.0. The number of nitrogens with one attached hydrogen (secondary N) is 2.